The minimum atomic E-state index is -0.153. The number of carbonyl (C=O) groups is 1. The highest BCUT2D eigenvalue weighted by Gasteiger charge is 2.18. The molecule has 0 unspecified atom stereocenters. The number of fused-ring (bicyclic) bond motifs is 1. The minimum Gasteiger partial charge on any atom is -0.375 e. The SMILES string of the molecule is COCC(=O)N(C)c1nsc2cccc(Cl)c12. The van der Waals surface area contributed by atoms with Gasteiger partial charge in [0.05, 0.1) is 15.1 Å². The zero-order chi connectivity index (χ0) is 12.4. The van der Waals surface area contributed by atoms with Crippen LogP contribution in [0.2, 0.25) is 5.02 Å². The Hall–Kier alpha value is -1.17. The topological polar surface area (TPSA) is 42.4 Å². The number of nitrogens with zero attached hydrogens (tertiary/aromatic N) is 2. The summed E-state index contributed by atoms with van der Waals surface area (Å²) < 4.78 is 10.0. The summed E-state index contributed by atoms with van der Waals surface area (Å²) in [6.07, 6.45) is 0. The summed E-state index contributed by atoms with van der Waals surface area (Å²) in [7, 11) is 3.15. The van der Waals surface area contributed by atoms with E-state index in [2.05, 4.69) is 4.37 Å². The molecule has 1 heterocycles. The van der Waals surface area contributed by atoms with E-state index >= 15 is 0 Å². The van der Waals surface area contributed by atoms with E-state index in [1.165, 1.54) is 23.5 Å². The molecule has 0 bridgehead atoms. The summed E-state index contributed by atoms with van der Waals surface area (Å²) in [4.78, 5) is 13.2. The molecule has 0 aliphatic heterocycles. The Morgan fingerprint density at radius 3 is 3.06 bits per heavy atom. The Bertz CT molecular complexity index is 555. The average molecular weight is 271 g/mol. The number of ether oxygens (including phenoxy) is 1. The van der Waals surface area contributed by atoms with Gasteiger partial charge < -0.3 is 4.74 Å². The number of methoxy groups -OCH3 is 1. The number of likely N-dealkylation sites (N-methyl/N-ethyl adjacent to an activating group) is 1. The fraction of sp³-hybridized carbons (Fsp3) is 0.273. The largest absolute Gasteiger partial charge is 0.375 e. The molecular weight excluding hydrogens is 260 g/mol. The molecule has 17 heavy (non-hydrogen) atoms. The number of anilines is 1. The van der Waals surface area contributed by atoms with Gasteiger partial charge in [-0.3, -0.25) is 9.69 Å². The summed E-state index contributed by atoms with van der Waals surface area (Å²) in [6, 6.07) is 5.58. The molecule has 0 atom stereocenters. The van der Waals surface area contributed by atoms with Gasteiger partial charge in [0.2, 0.25) is 0 Å². The molecule has 1 aromatic heterocycles. The number of halogens is 1. The standard InChI is InChI=1S/C11H11ClN2O2S/c1-14(9(15)6-16-2)11-10-7(12)4-3-5-8(10)17-13-11/h3-5H,6H2,1-2H3. The molecule has 0 radical (unpaired) electrons. The van der Waals surface area contributed by atoms with Crippen LogP contribution in [0.4, 0.5) is 5.82 Å². The summed E-state index contributed by atoms with van der Waals surface area (Å²) in [6.45, 7) is 0.0278. The van der Waals surface area contributed by atoms with E-state index in [1.807, 2.05) is 12.1 Å². The van der Waals surface area contributed by atoms with Gasteiger partial charge in [0.25, 0.3) is 5.91 Å². The number of carbonyl (C=O) groups excluding carboxylic acids is 1. The maximum Gasteiger partial charge on any atom is 0.253 e. The maximum atomic E-state index is 11.7. The van der Waals surface area contributed by atoms with Gasteiger partial charge in [-0.1, -0.05) is 17.7 Å². The number of aromatic nitrogens is 1. The van der Waals surface area contributed by atoms with Crippen molar-refractivity contribution in [1.82, 2.24) is 4.37 Å². The number of amides is 1. The number of benzene rings is 1. The molecule has 0 saturated heterocycles. The monoisotopic (exact) mass is 270 g/mol. The second-order valence-corrected chi connectivity index (χ2v) is 4.72. The van der Waals surface area contributed by atoms with E-state index in [-0.39, 0.29) is 12.5 Å². The normalized spacial score (nSPS) is 10.8. The highest BCUT2D eigenvalue weighted by Crippen LogP contribution is 2.34. The lowest BCUT2D eigenvalue weighted by Gasteiger charge is -2.14. The fourth-order valence-electron chi connectivity index (χ4n) is 1.50. The van der Waals surface area contributed by atoms with Crippen LogP contribution in [0, 0.1) is 0 Å². The molecule has 0 spiro atoms. The minimum absolute atomic E-state index is 0.0278. The van der Waals surface area contributed by atoms with Crippen molar-refractivity contribution in [2.45, 2.75) is 0 Å². The van der Waals surface area contributed by atoms with Crippen molar-refractivity contribution in [3.05, 3.63) is 23.2 Å². The van der Waals surface area contributed by atoms with Crippen LogP contribution in [0.15, 0.2) is 18.2 Å². The van der Waals surface area contributed by atoms with Crippen LogP contribution in [-0.2, 0) is 9.53 Å². The van der Waals surface area contributed by atoms with E-state index in [4.69, 9.17) is 16.3 Å². The van der Waals surface area contributed by atoms with E-state index in [0.717, 1.165) is 10.1 Å². The van der Waals surface area contributed by atoms with Crippen molar-refractivity contribution in [3.63, 3.8) is 0 Å². The lowest BCUT2D eigenvalue weighted by atomic mass is 10.2. The Labute approximate surface area is 108 Å². The number of hydrogen-bond acceptors (Lipinski definition) is 4. The van der Waals surface area contributed by atoms with Gasteiger partial charge >= 0.3 is 0 Å². The summed E-state index contributed by atoms with van der Waals surface area (Å²) in [5.41, 5.74) is 0. The Kier molecular flexibility index (Phi) is 3.61. The molecule has 0 aliphatic carbocycles. The maximum absolute atomic E-state index is 11.7. The van der Waals surface area contributed by atoms with Crippen molar-refractivity contribution in [2.75, 3.05) is 25.7 Å². The van der Waals surface area contributed by atoms with Gasteiger partial charge in [0.15, 0.2) is 5.82 Å². The summed E-state index contributed by atoms with van der Waals surface area (Å²) in [5, 5.41) is 1.41. The molecular formula is C11H11ClN2O2S. The van der Waals surface area contributed by atoms with Gasteiger partial charge in [-0.25, -0.2) is 0 Å². The van der Waals surface area contributed by atoms with E-state index in [9.17, 15) is 4.79 Å². The van der Waals surface area contributed by atoms with Crippen LogP contribution in [0.3, 0.4) is 0 Å². The van der Waals surface area contributed by atoms with Gasteiger partial charge in [-0.15, -0.1) is 0 Å². The van der Waals surface area contributed by atoms with E-state index < -0.39 is 0 Å². The van der Waals surface area contributed by atoms with E-state index in [0.29, 0.717) is 10.8 Å². The van der Waals surface area contributed by atoms with Gasteiger partial charge in [-0.2, -0.15) is 4.37 Å². The quantitative estimate of drug-likeness (QED) is 0.861. The predicted octanol–water partition coefficient (Wildman–Crippen LogP) is 2.56. The first-order chi connectivity index (χ1) is 8.15. The van der Waals surface area contributed by atoms with Crippen LogP contribution in [0.25, 0.3) is 10.1 Å². The molecule has 4 nitrogen and oxygen atoms in total. The van der Waals surface area contributed by atoms with E-state index in [1.54, 1.807) is 13.1 Å². The molecule has 2 aromatic rings. The summed E-state index contributed by atoms with van der Waals surface area (Å²) in [5.74, 6) is 0.428. The van der Waals surface area contributed by atoms with Crippen molar-refractivity contribution in [1.29, 1.82) is 0 Å². The second kappa shape index (κ2) is 5.00. The Morgan fingerprint density at radius 1 is 1.59 bits per heavy atom. The summed E-state index contributed by atoms with van der Waals surface area (Å²) >= 11 is 7.45. The smallest absolute Gasteiger partial charge is 0.253 e. The first-order valence-electron chi connectivity index (χ1n) is 4.94. The number of rotatable bonds is 3. The van der Waals surface area contributed by atoms with Gasteiger partial charge in [0.1, 0.15) is 6.61 Å². The van der Waals surface area contributed by atoms with Crippen molar-refractivity contribution >= 4 is 44.9 Å². The molecule has 0 fully saturated rings. The lowest BCUT2D eigenvalue weighted by molar-refractivity contribution is -0.121. The molecule has 0 aliphatic rings. The Balaban J connectivity index is 2.45. The third kappa shape index (κ3) is 2.26. The second-order valence-electron chi connectivity index (χ2n) is 3.50. The molecule has 1 amide bonds. The highest BCUT2D eigenvalue weighted by atomic mass is 35.5. The first-order valence-corrected chi connectivity index (χ1v) is 6.09. The van der Waals surface area contributed by atoms with Crippen LogP contribution in [0.5, 0.6) is 0 Å². The predicted molar refractivity (Wildman–Crippen MR) is 69.9 cm³/mol. The van der Waals surface area contributed by atoms with Crippen molar-refractivity contribution in [2.24, 2.45) is 0 Å². The van der Waals surface area contributed by atoms with Gasteiger partial charge in [0, 0.05) is 14.2 Å². The zero-order valence-corrected chi connectivity index (χ0v) is 11.0. The Morgan fingerprint density at radius 2 is 2.35 bits per heavy atom. The molecule has 0 N–H and O–H groups in total. The van der Waals surface area contributed by atoms with Crippen molar-refractivity contribution in [3.8, 4) is 0 Å². The molecule has 2 rings (SSSR count). The third-order valence-corrected chi connectivity index (χ3v) is 3.51. The molecule has 1 aromatic carbocycles. The fourth-order valence-corrected chi connectivity index (χ4v) is 2.65. The molecule has 6 heteroatoms. The third-order valence-electron chi connectivity index (χ3n) is 2.39. The van der Waals surface area contributed by atoms with Crippen molar-refractivity contribution < 1.29 is 9.53 Å². The molecule has 0 saturated carbocycles. The van der Waals surface area contributed by atoms with Crippen LogP contribution < -0.4 is 4.90 Å². The number of hydrogen-bond donors (Lipinski definition) is 0. The molecule has 90 valence electrons. The van der Waals surface area contributed by atoms with Crippen LogP contribution >= 0.6 is 23.1 Å². The van der Waals surface area contributed by atoms with Gasteiger partial charge in [-0.05, 0) is 23.7 Å². The highest BCUT2D eigenvalue weighted by molar-refractivity contribution is 7.13. The lowest BCUT2D eigenvalue weighted by Crippen LogP contribution is -2.30. The van der Waals surface area contributed by atoms with Crippen LogP contribution in [0.1, 0.15) is 0 Å². The zero-order valence-electron chi connectivity index (χ0n) is 9.44. The first kappa shape index (κ1) is 12.3. The average Bonchev–Trinajstić information content (AvgIpc) is 2.73. The van der Waals surface area contributed by atoms with Crippen LogP contribution in [-0.4, -0.2) is 31.0 Å².